The summed E-state index contributed by atoms with van der Waals surface area (Å²) in [5, 5.41) is 0. The number of allylic oxidation sites excluding steroid dienone is 20. The first-order valence-corrected chi connectivity index (χ1v) is 25.7. The zero-order valence-electron chi connectivity index (χ0n) is 40.7. The molecule has 2 unspecified atom stereocenters. The molecule has 0 aromatic rings. The van der Waals surface area contributed by atoms with Crippen LogP contribution in [0, 0.1) is 0 Å². The van der Waals surface area contributed by atoms with Gasteiger partial charge in [0.25, 0.3) is 7.82 Å². The first kappa shape index (κ1) is 60.4. The SMILES string of the molecule is CC/C=C\C/C=C\C/C=C\C/C=C\C/C=C\C/C=C\CCCCCCCCC(=O)OC(COC(=O)CCCC/C=C\C/C=C\C/C=C\C/C=C\CC)COP(=O)([O-])OCC[N+](C)(C)C. The number of carbonyl (C=O) groups is 2. The second-order valence-corrected chi connectivity index (χ2v) is 18.1. The predicted molar refractivity (Wildman–Crippen MR) is 268 cm³/mol. The summed E-state index contributed by atoms with van der Waals surface area (Å²) in [6.45, 7) is 3.90. The summed E-state index contributed by atoms with van der Waals surface area (Å²) in [5.74, 6) is -0.913. The van der Waals surface area contributed by atoms with Crippen LogP contribution >= 0.6 is 7.82 Å². The zero-order chi connectivity index (χ0) is 47.1. The molecule has 362 valence electrons. The highest BCUT2D eigenvalue weighted by molar-refractivity contribution is 7.45. The number of hydrogen-bond acceptors (Lipinski definition) is 8. The Labute approximate surface area is 390 Å². The lowest BCUT2D eigenvalue weighted by Crippen LogP contribution is -2.37. The third kappa shape index (κ3) is 47.9. The fraction of sp³-hybridized carbons (Fsp3) is 0.593. The van der Waals surface area contributed by atoms with Gasteiger partial charge in [0.15, 0.2) is 6.10 Å². The van der Waals surface area contributed by atoms with Crippen LogP contribution in [0.15, 0.2) is 122 Å². The molecule has 10 heteroatoms. The maximum atomic E-state index is 12.7. The highest BCUT2D eigenvalue weighted by Gasteiger charge is 2.21. The van der Waals surface area contributed by atoms with Gasteiger partial charge in [-0.15, -0.1) is 0 Å². The van der Waals surface area contributed by atoms with Crippen LogP contribution in [-0.2, 0) is 32.7 Å². The quantitative estimate of drug-likeness (QED) is 0.0196. The van der Waals surface area contributed by atoms with E-state index in [1.54, 1.807) is 0 Å². The van der Waals surface area contributed by atoms with E-state index in [1.165, 1.54) is 0 Å². The first-order chi connectivity index (χ1) is 31.0. The Hall–Kier alpha value is -3.59. The summed E-state index contributed by atoms with van der Waals surface area (Å²) in [6.07, 6.45) is 62.3. The number of carbonyl (C=O) groups excluding carboxylic acids is 2. The summed E-state index contributed by atoms with van der Waals surface area (Å²) < 4.78 is 33.9. The molecule has 0 heterocycles. The lowest BCUT2D eigenvalue weighted by Gasteiger charge is -2.28. The number of hydrogen-bond donors (Lipinski definition) is 0. The number of phosphoric ester groups is 1. The summed E-state index contributed by atoms with van der Waals surface area (Å²) in [5.41, 5.74) is 0. The number of likely N-dealkylation sites (N-methyl/N-ethyl adjacent to an activating group) is 1. The molecule has 0 spiro atoms. The molecule has 0 bridgehead atoms. The van der Waals surface area contributed by atoms with Crippen molar-refractivity contribution in [3.63, 3.8) is 0 Å². The largest absolute Gasteiger partial charge is 0.756 e. The number of phosphoric acid groups is 1. The maximum Gasteiger partial charge on any atom is 0.306 e. The van der Waals surface area contributed by atoms with Crippen LogP contribution in [0.2, 0.25) is 0 Å². The van der Waals surface area contributed by atoms with E-state index in [9.17, 15) is 19.0 Å². The molecule has 0 saturated heterocycles. The zero-order valence-corrected chi connectivity index (χ0v) is 41.6. The highest BCUT2D eigenvalue weighted by atomic mass is 31.2. The minimum Gasteiger partial charge on any atom is -0.756 e. The van der Waals surface area contributed by atoms with E-state index in [-0.39, 0.29) is 26.1 Å². The number of nitrogens with zero attached hydrogens (tertiary/aromatic N) is 1. The lowest BCUT2D eigenvalue weighted by molar-refractivity contribution is -0.870. The van der Waals surface area contributed by atoms with Crippen LogP contribution in [0.5, 0.6) is 0 Å². The molecule has 0 N–H and O–H groups in total. The van der Waals surface area contributed by atoms with Crippen LogP contribution in [0.25, 0.3) is 0 Å². The van der Waals surface area contributed by atoms with Crippen molar-refractivity contribution >= 4 is 19.8 Å². The molecular formula is C54H88NO8P. The molecule has 0 amide bonds. The van der Waals surface area contributed by atoms with E-state index in [2.05, 4.69) is 135 Å². The standard InChI is InChI=1S/C54H88NO8P/c1-6-8-10-12-14-16-18-20-22-23-24-25-26-27-28-29-30-31-33-35-37-39-41-43-45-47-54(57)63-52(51-62-64(58,59)61-49-48-55(3,4)5)50-60-53(56)46-44-42-40-38-36-34-32-21-19-17-15-13-11-9-7-2/h8-11,14-17,20-22,24-25,27-28,30-32,36,38,52H,6-7,12-13,18-19,23,26,29,33-35,37,39-51H2,1-5H3/b10-8-,11-9-,16-14-,17-15-,22-20-,25-24-,28-27-,31-30-,32-21-,38-36-. The molecule has 0 aliphatic heterocycles. The van der Waals surface area contributed by atoms with Gasteiger partial charge in [0.1, 0.15) is 19.8 Å². The van der Waals surface area contributed by atoms with E-state index < -0.39 is 32.5 Å². The molecule has 0 aliphatic rings. The first-order valence-electron chi connectivity index (χ1n) is 24.2. The molecule has 0 fully saturated rings. The van der Waals surface area contributed by atoms with E-state index in [0.717, 1.165) is 116 Å². The number of esters is 2. The summed E-state index contributed by atoms with van der Waals surface area (Å²) >= 11 is 0. The normalized spacial score (nSPS) is 14.5. The Bertz CT molecular complexity index is 1490. The molecular weight excluding hydrogens is 822 g/mol. The van der Waals surface area contributed by atoms with E-state index in [0.29, 0.717) is 23.9 Å². The fourth-order valence-corrected chi connectivity index (χ4v) is 6.49. The third-order valence-corrected chi connectivity index (χ3v) is 10.4. The number of unbranched alkanes of at least 4 members (excludes halogenated alkanes) is 8. The summed E-state index contributed by atoms with van der Waals surface area (Å²) in [4.78, 5) is 37.6. The van der Waals surface area contributed by atoms with Gasteiger partial charge in [-0.3, -0.25) is 14.2 Å². The third-order valence-electron chi connectivity index (χ3n) is 9.48. The predicted octanol–water partition coefficient (Wildman–Crippen LogP) is 13.8. The van der Waals surface area contributed by atoms with Crippen LogP contribution < -0.4 is 4.89 Å². The van der Waals surface area contributed by atoms with Crippen molar-refractivity contribution in [2.75, 3.05) is 47.5 Å². The van der Waals surface area contributed by atoms with Gasteiger partial charge in [-0.1, -0.05) is 161 Å². The molecule has 0 rings (SSSR count). The van der Waals surface area contributed by atoms with Crippen molar-refractivity contribution in [3.8, 4) is 0 Å². The monoisotopic (exact) mass is 910 g/mol. The average Bonchev–Trinajstić information content (AvgIpc) is 3.25. The Kier molecular flexibility index (Phi) is 42.1. The van der Waals surface area contributed by atoms with Crippen molar-refractivity contribution in [1.82, 2.24) is 0 Å². The van der Waals surface area contributed by atoms with Gasteiger partial charge in [0, 0.05) is 12.8 Å². The smallest absolute Gasteiger partial charge is 0.306 e. The number of ether oxygens (including phenoxy) is 2. The van der Waals surface area contributed by atoms with Crippen LogP contribution in [-0.4, -0.2) is 70.0 Å². The number of rotatable bonds is 42. The van der Waals surface area contributed by atoms with Gasteiger partial charge in [-0.25, -0.2) is 0 Å². The van der Waals surface area contributed by atoms with E-state index in [4.69, 9.17) is 18.5 Å². The Balaban J connectivity index is 4.39. The lowest BCUT2D eigenvalue weighted by atomic mass is 10.1. The minimum atomic E-state index is -4.65. The Morgan fingerprint density at radius 2 is 0.844 bits per heavy atom. The second-order valence-electron chi connectivity index (χ2n) is 16.7. The van der Waals surface area contributed by atoms with Crippen molar-refractivity contribution in [2.24, 2.45) is 0 Å². The van der Waals surface area contributed by atoms with E-state index >= 15 is 0 Å². The van der Waals surface area contributed by atoms with Crippen LogP contribution in [0.4, 0.5) is 0 Å². The number of quaternary nitrogens is 1. The molecule has 9 nitrogen and oxygen atoms in total. The summed E-state index contributed by atoms with van der Waals surface area (Å²) in [6, 6.07) is 0. The molecule has 64 heavy (non-hydrogen) atoms. The van der Waals surface area contributed by atoms with Crippen LogP contribution in [0.3, 0.4) is 0 Å². The van der Waals surface area contributed by atoms with Gasteiger partial charge in [0.05, 0.1) is 27.7 Å². The van der Waals surface area contributed by atoms with Crippen molar-refractivity contribution in [2.45, 2.75) is 161 Å². The minimum absolute atomic E-state index is 0.0485. The molecule has 0 aromatic carbocycles. The van der Waals surface area contributed by atoms with Crippen molar-refractivity contribution in [1.29, 1.82) is 0 Å². The molecule has 0 saturated carbocycles. The molecule has 0 aromatic heterocycles. The Morgan fingerprint density at radius 3 is 1.28 bits per heavy atom. The average molecular weight is 910 g/mol. The molecule has 0 radical (unpaired) electrons. The maximum absolute atomic E-state index is 12.7. The van der Waals surface area contributed by atoms with Crippen molar-refractivity contribution < 1.29 is 42.1 Å². The fourth-order valence-electron chi connectivity index (χ4n) is 5.76. The van der Waals surface area contributed by atoms with Gasteiger partial charge in [0.2, 0.25) is 0 Å². The second kappa shape index (κ2) is 44.6. The highest BCUT2D eigenvalue weighted by Crippen LogP contribution is 2.38. The van der Waals surface area contributed by atoms with Gasteiger partial charge in [-0.2, -0.15) is 0 Å². The van der Waals surface area contributed by atoms with E-state index in [1.807, 2.05) is 21.1 Å². The Morgan fingerprint density at radius 1 is 0.484 bits per heavy atom. The van der Waals surface area contributed by atoms with Gasteiger partial charge >= 0.3 is 11.9 Å². The van der Waals surface area contributed by atoms with Gasteiger partial charge < -0.3 is 27.9 Å². The topological polar surface area (TPSA) is 111 Å². The van der Waals surface area contributed by atoms with Gasteiger partial charge in [-0.05, 0) is 103 Å². The summed E-state index contributed by atoms with van der Waals surface area (Å²) in [7, 11) is 1.11. The van der Waals surface area contributed by atoms with Crippen LogP contribution in [0.1, 0.15) is 155 Å². The molecule has 0 aliphatic carbocycles. The molecule has 2 atom stereocenters. The van der Waals surface area contributed by atoms with Crippen molar-refractivity contribution in [3.05, 3.63) is 122 Å².